The van der Waals surface area contributed by atoms with E-state index in [-0.39, 0.29) is 6.03 Å². The molecule has 2 amide bonds. The molecule has 0 spiro atoms. The summed E-state index contributed by atoms with van der Waals surface area (Å²) in [7, 11) is 0. The minimum Gasteiger partial charge on any atom is -0.308 e. The Morgan fingerprint density at radius 1 is 1.04 bits per heavy atom. The van der Waals surface area contributed by atoms with Crippen LogP contribution in [0.4, 0.5) is 15.6 Å². The third-order valence-corrected chi connectivity index (χ3v) is 5.35. The number of benzene rings is 1. The van der Waals surface area contributed by atoms with E-state index in [4.69, 9.17) is 0 Å². The number of aromatic nitrogens is 3. The zero-order chi connectivity index (χ0) is 17.8. The maximum Gasteiger partial charge on any atom is 0.325 e. The molecule has 26 heavy (non-hydrogen) atoms. The van der Waals surface area contributed by atoms with Gasteiger partial charge in [0.05, 0.1) is 0 Å². The van der Waals surface area contributed by atoms with E-state index in [1.165, 1.54) is 29.0 Å². The molecule has 2 N–H and O–H groups in total. The van der Waals surface area contributed by atoms with Crippen LogP contribution in [0.2, 0.25) is 0 Å². The number of fused-ring (bicyclic) bond motifs is 1. The first-order chi connectivity index (χ1) is 12.8. The summed E-state index contributed by atoms with van der Waals surface area (Å²) in [6.07, 6.45) is 8.56. The van der Waals surface area contributed by atoms with Crippen LogP contribution in [0.25, 0.3) is 0 Å². The fourth-order valence-electron chi connectivity index (χ4n) is 3.15. The number of nitrogens with one attached hydrogen (secondary N) is 2. The number of hydrogen-bond acceptors (Lipinski definition) is 5. The summed E-state index contributed by atoms with van der Waals surface area (Å²) in [5.74, 6) is 0. The first kappa shape index (κ1) is 16.7. The third-order valence-electron chi connectivity index (χ3n) is 4.38. The highest BCUT2D eigenvalue weighted by Crippen LogP contribution is 2.24. The highest BCUT2D eigenvalue weighted by Gasteiger charge is 2.17. The molecule has 3 aromatic rings. The maximum atomic E-state index is 12.0. The van der Waals surface area contributed by atoms with E-state index in [0.29, 0.717) is 5.13 Å². The molecule has 0 radical (unpaired) electrons. The van der Waals surface area contributed by atoms with Crippen molar-refractivity contribution in [3.05, 3.63) is 64.7 Å². The second-order valence-corrected chi connectivity index (χ2v) is 7.29. The lowest BCUT2D eigenvalue weighted by atomic mass is 10.1. The van der Waals surface area contributed by atoms with Crippen LogP contribution in [0.1, 0.15) is 28.2 Å². The molecule has 0 saturated heterocycles. The molecule has 2 heterocycles. The van der Waals surface area contributed by atoms with Gasteiger partial charge >= 0.3 is 6.03 Å². The van der Waals surface area contributed by atoms with Gasteiger partial charge in [-0.15, -0.1) is 11.3 Å². The summed E-state index contributed by atoms with van der Waals surface area (Å²) in [6, 6.07) is 9.05. The van der Waals surface area contributed by atoms with Crippen LogP contribution in [-0.4, -0.2) is 21.0 Å². The molecule has 0 unspecified atom stereocenters. The minimum atomic E-state index is -0.286. The van der Waals surface area contributed by atoms with Crippen molar-refractivity contribution in [1.29, 1.82) is 0 Å². The number of anilines is 2. The first-order valence-corrected chi connectivity index (χ1v) is 9.49. The number of rotatable bonds is 5. The molecule has 7 heteroatoms. The van der Waals surface area contributed by atoms with Crippen molar-refractivity contribution in [1.82, 2.24) is 15.0 Å². The summed E-state index contributed by atoms with van der Waals surface area (Å²) < 4.78 is 0. The van der Waals surface area contributed by atoms with Gasteiger partial charge in [0.15, 0.2) is 5.13 Å². The zero-order valence-corrected chi connectivity index (χ0v) is 15.1. The van der Waals surface area contributed by atoms with Crippen LogP contribution in [0, 0.1) is 0 Å². The lowest BCUT2D eigenvalue weighted by Crippen LogP contribution is -2.19. The molecule has 0 atom stereocenters. The second kappa shape index (κ2) is 7.61. The average Bonchev–Trinajstić information content (AvgIpc) is 3.30. The van der Waals surface area contributed by atoms with Gasteiger partial charge in [0.25, 0.3) is 0 Å². The Hall–Kier alpha value is -2.80. The van der Waals surface area contributed by atoms with Crippen LogP contribution in [0.5, 0.6) is 0 Å². The zero-order valence-electron chi connectivity index (χ0n) is 14.2. The second-order valence-electron chi connectivity index (χ2n) is 6.18. The fraction of sp³-hybridized carbons (Fsp3) is 0.263. The van der Waals surface area contributed by atoms with Crippen molar-refractivity contribution in [2.24, 2.45) is 0 Å². The molecule has 0 bridgehead atoms. The van der Waals surface area contributed by atoms with Crippen LogP contribution < -0.4 is 10.6 Å². The van der Waals surface area contributed by atoms with Gasteiger partial charge in [-0.2, -0.15) is 0 Å². The molecular formula is C19H19N5OS. The summed E-state index contributed by atoms with van der Waals surface area (Å²) in [5.41, 5.74) is 4.44. The summed E-state index contributed by atoms with van der Waals surface area (Å²) in [5, 5.41) is 6.17. The van der Waals surface area contributed by atoms with Crippen molar-refractivity contribution >= 4 is 28.2 Å². The molecule has 0 fully saturated rings. The summed E-state index contributed by atoms with van der Waals surface area (Å²) in [6.45, 7) is 0. The van der Waals surface area contributed by atoms with Gasteiger partial charge in [-0.05, 0) is 49.8 Å². The van der Waals surface area contributed by atoms with Crippen molar-refractivity contribution in [2.75, 3.05) is 10.6 Å². The van der Waals surface area contributed by atoms with E-state index < -0.39 is 0 Å². The number of aryl methyl sites for hydroxylation is 3. The van der Waals surface area contributed by atoms with E-state index in [1.54, 1.807) is 6.33 Å². The first-order valence-electron chi connectivity index (χ1n) is 8.67. The monoisotopic (exact) mass is 365 g/mol. The predicted octanol–water partition coefficient (Wildman–Crippen LogP) is 3.85. The Labute approximate surface area is 155 Å². The Morgan fingerprint density at radius 2 is 1.92 bits per heavy atom. The lowest BCUT2D eigenvalue weighted by Gasteiger charge is -2.05. The van der Waals surface area contributed by atoms with Gasteiger partial charge in [-0.25, -0.2) is 19.7 Å². The van der Waals surface area contributed by atoms with Gasteiger partial charge in [-0.1, -0.05) is 18.2 Å². The molecule has 1 aliphatic carbocycles. The number of thiazole rings is 1. The van der Waals surface area contributed by atoms with Crippen LogP contribution in [0.3, 0.4) is 0 Å². The molecule has 2 aromatic heterocycles. The van der Waals surface area contributed by atoms with Gasteiger partial charge < -0.3 is 5.32 Å². The van der Waals surface area contributed by atoms with Crippen molar-refractivity contribution in [3.63, 3.8) is 0 Å². The van der Waals surface area contributed by atoms with Crippen molar-refractivity contribution in [3.8, 4) is 0 Å². The Kier molecular flexibility index (Phi) is 4.88. The largest absolute Gasteiger partial charge is 0.325 e. The van der Waals surface area contributed by atoms with E-state index in [2.05, 4.69) is 25.6 Å². The normalized spacial score (nSPS) is 12.6. The SMILES string of the molecule is O=C(Nc1ccccc1)Nc1ncc(CCc2ncnc3c2CCC3)s1. The molecule has 0 saturated carbocycles. The van der Waals surface area contributed by atoms with E-state index >= 15 is 0 Å². The minimum absolute atomic E-state index is 0.286. The smallest absolute Gasteiger partial charge is 0.308 e. The molecule has 0 aliphatic heterocycles. The van der Waals surface area contributed by atoms with Crippen LogP contribution in [0.15, 0.2) is 42.9 Å². The van der Waals surface area contributed by atoms with Gasteiger partial charge in [0, 0.05) is 28.1 Å². The van der Waals surface area contributed by atoms with Gasteiger partial charge in [0.1, 0.15) is 6.33 Å². The highest BCUT2D eigenvalue weighted by atomic mass is 32.1. The van der Waals surface area contributed by atoms with Crippen molar-refractivity contribution < 1.29 is 4.79 Å². The standard InChI is InChI=1S/C19H19N5OS/c25-18(23-13-5-2-1-3-6-13)24-19-20-11-14(26-19)9-10-17-15-7-4-8-16(15)21-12-22-17/h1-3,5-6,11-12H,4,7-10H2,(H2,20,23,24,25). The number of amides is 2. The van der Waals surface area contributed by atoms with E-state index in [1.807, 2.05) is 36.5 Å². The molecular weight excluding hydrogens is 346 g/mol. The molecule has 132 valence electrons. The maximum absolute atomic E-state index is 12.0. The Morgan fingerprint density at radius 3 is 2.81 bits per heavy atom. The molecule has 1 aliphatic rings. The summed E-state index contributed by atoms with van der Waals surface area (Å²) >= 11 is 1.50. The van der Waals surface area contributed by atoms with E-state index in [0.717, 1.165) is 41.9 Å². The molecule has 1 aromatic carbocycles. The van der Waals surface area contributed by atoms with Gasteiger partial charge in [0.2, 0.25) is 0 Å². The van der Waals surface area contributed by atoms with Crippen LogP contribution >= 0.6 is 11.3 Å². The molecule has 4 rings (SSSR count). The highest BCUT2D eigenvalue weighted by molar-refractivity contribution is 7.15. The number of carbonyl (C=O) groups excluding carboxylic acids is 1. The van der Waals surface area contributed by atoms with Crippen molar-refractivity contribution in [2.45, 2.75) is 32.1 Å². The Balaban J connectivity index is 1.33. The number of para-hydroxylation sites is 1. The number of carbonyl (C=O) groups is 1. The Bertz CT molecular complexity index is 909. The van der Waals surface area contributed by atoms with Crippen LogP contribution in [-0.2, 0) is 25.7 Å². The molecule has 6 nitrogen and oxygen atoms in total. The lowest BCUT2D eigenvalue weighted by molar-refractivity contribution is 0.262. The fourth-order valence-corrected chi connectivity index (χ4v) is 3.95. The quantitative estimate of drug-likeness (QED) is 0.720. The van der Waals surface area contributed by atoms with E-state index in [9.17, 15) is 4.79 Å². The average molecular weight is 365 g/mol. The number of nitrogens with zero attached hydrogens (tertiary/aromatic N) is 3. The third kappa shape index (κ3) is 3.88. The summed E-state index contributed by atoms with van der Waals surface area (Å²) in [4.78, 5) is 26.3. The predicted molar refractivity (Wildman–Crippen MR) is 103 cm³/mol. The van der Waals surface area contributed by atoms with Gasteiger partial charge in [-0.3, -0.25) is 5.32 Å². The number of hydrogen-bond donors (Lipinski definition) is 2. The number of urea groups is 1. The topological polar surface area (TPSA) is 79.8 Å².